The number of nitrogens with two attached hydrogens (primary N) is 1. The van der Waals surface area contributed by atoms with E-state index in [4.69, 9.17) is 10.5 Å². The van der Waals surface area contributed by atoms with E-state index in [2.05, 4.69) is 4.98 Å². The first kappa shape index (κ1) is 11.9. The Balaban J connectivity index is 2.02. The molecule has 92 valence electrons. The summed E-state index contributed by atoms with van der Waals surface area (Å²) in [4.78, 5) is 18.0. The van der Waals surface area contributed by atoms with E-state index in [1.165, 1.54) is 0 Å². The summed E-state index contributed by atoms with van der Waals surface area (Å²) in [5.41, 5.74) is 5.99. The van der Waals surface area contributed by atoms with E-state index in [-0.39, 0.29) is 12.0 Å². The number of nitrogen functional groups attached to an aromatic ring is 1. The van der Waals surface area contributed by atoms with Crippen LogP contribution >= 0.6 is 0 Å². The molecule has 1 fully saturated rings. The highest BCUT2D eigenvalue weighted by molar-refractivity contribution is 5.92. The van der Waals surface area contributed by atoms with Gasteiger partial charge in [0.15, 0.2) is 0 Å². The van der Waals surface area contributed by atoms with Crippen molar-refractivity contribution in [2.24, 2.45) is 0 Å². The molecule has 2 heterocycles. The van der Waals surface area contributed by atoms with Crippen LogP contribution in [0.15, 0.2) is 18.2 Å². The van der Waals surface area contributed by atoms with E-state index < -0.39 is 0 Å². The van der Waals surface area contributed by atoms with Crippen molar-refractivity contribution in [1.29, 1.82) is 0 Å². The van der Waals surface area contributed by atoms with E-state index >= 15 is 0 Å². The summed E-state index contributed by atoms with van der Waals surface area (Å²) >= 11 is 0. The van der Waals surface area contributed by atoms with Gasteiger partial charge in [-0.1, -0.05) is 6.07 Å². The molecule has 0 saturated carbocycles. The number of nitrogens with zero attached hydrogens (tertiary/aromatic N) is 2. The lowest BCUT2D eigenvalue weighted by Crippen LogP contribution is -2.40. The molecule has 0 bridgehead atoms. The van der Waals surface area contributed by atoms with Gasteiger partial charge < -0.3 is 15.4 Å². The van der Waals surface area contributed by atoms with Crippen molar-refractivity contribution >= 4 is 11.7 Å². The van der Waals surface area contributed by atoms with Crippen molar-refractivity contribution in [3.05, 3.63) is 23.9 Å². The molecule has 1 aromatic heterocycles. The van der Waals surface area contributed by atoms with Crippen molar-refractivity contribution in [2.45, 2.75) is 18.9 Å². The standard InChI is InChI=1S/C12H17N3O2/c1-17-9-5-7-15(8-6-9)12(16)10-3-2-4-11(13)14-10/h2-4,9H,5-8H2,1H3,(H2,13,14). The molecule has 1 aromatic rings. The second-order valence-corrected chi connectivity index (χ2v) is 4.17. The van der Waals surface area contributed by atoms with Crippen LogP contribution in [-0.2, 0) is 4.74 Å². The Bertz CT molecular complexity index is 400. The maximum atomic E-state index is 12.1. The monoisotopic (exact) mass is 235 g/mol. The number of pyridine rings is 1. The van der Waals surface area contributed by atoms with Gasteiger partial charge in [0.1, 0.15) is 11.5 Å². The van der Waals surface area contributed by atoms with Crippen LogP contribution in [-0.4, -0.2) is 42.1 Å². The molecule has 2 rings (SSSR count). The summed E-state index contributed by atoms with van der Waals surface area (Å²) in [6.07, 6.45) is 2.03. The third-order valence-electron chi connectivity index (χ3n) is 3.05. The van der Waals surface area contributed by atoms with Gasteiger partial charge in [0.25, 0.3) is 5.91 Å². The number of methoxy groups -OCH3 is 1. The van der Waals surface area contributed by atoms with Gasteiger partial charge in [-0.15, -0.1) is 0 Å². The van der Waals surface area contributed by atoms with Gasteiger partial charge in [-0.25, -0.2) is 4.98 Å². The maximum Gasteiger partial charge on any atom is 0.272 e. The van der Waals surface area contributed by atoms with Gasteiger partial charge in [0.2, 0.25) is 0 Å². The minimum absolute atomic E-state index is 0.0492. The van der Waals surface area contributed by atoms with Gasteiger partial charge in [0, 0.05) is 20.2 Å². The van der Waals surface area contributed by atoms with Crippen LogP contribution in [0.2, 0.25) is 0 Å². The molecule has 0 atom stereocenters. The van der Waals surface area contributed by atoms with Crippen molar-refractivity contribution in [1.82, 2.24) is 9.88 Å². The molecule has 5 heteroatoms. The summed E-state index contributed by atoms with van der Waals surface area (Å²) in [6, 6.07) is 5.12. The Labute approximate surface area is 101 Å². The Hall–Kier alpha value is -1.62. The molecule has 17 heavy (non-hydrogen) atoms. The highest BCUT2D eigenvalue weighted by Gasteiger charge is 2.23. The number of anilines is 1. The first-order chi connectivity index (χ1) is 8.20. The van der Waals surface area contributed by atoms with E-state index in [0.717, 1.165) is 12.8 Å². The van der Waals surface area contributed by atoms with E-state index in [1.807, 2.05) is 0 Å². The zero-order valence-electron chi connectivity index (χ0n) is 9.93. The first-order valence-corrected chi connectivity index (χ1v) is 5.75. The Morgan fingerprint density at radius 3 is 2.76 bits per heavy atom. The molecule has 0 spiro atoms. The number of carbonyl (C=O) groups excluding carboxylic acids is 1. The molecule has 1 saturated heterocycles. The van der Waals surface area contributed by atoms with Crippen molar-refractivity contribution in [3.8, 4) is 0 Å². The average molecular weight is 235 g/mol. The Morgan fingerprint density at radius 1 is 1.47 bits per heavy atom. The molecular weight excluding hydrogens is 218 g/mol. The number of aromatic nitrogens is 1. The highest BCUT2D eigenvalue weighted by Crippen LogP contribution is 2.15. The summed E-state index contributed by atoms with van der Waals surface area (Å²) in [7, 11) is 1.71. The third kappa shape index (κ3) is 2.74. The van der Waals surface area contributed by atoms with Crippen LogP contribution < -0.4 is 5.73 Å². The maximum absolute atomic E-state index is 12.1. The summed E-state index contributed by atoms with van der Waals surface area (Å²) in [5, 5.41) is 0. The van der Waals surface area contributed by atoms with Gasteiger partial charge in [-0.2, -0.15) is 0 Å². The van der Waals surface area contributed by atoms with Crippen molar-refractivity contribution < 1.29 is 9.53 Å². The summed E-state index contributed by atoms with van der Waals surface area (Å²) < 4.78 is 5.27. The quantitative estimate of drug-likeness (QED) is 0.827. The van der Waals surface area contributed by atoms with Gasteiger partial charge in [-0.05, 0) is 25.0 Å². The predicted octanol–water partition coefficient (Wildman–Crippen LogP) is 0.915. The molecule has 5 nitrogen and oxygen atoms in total. The molecule has 0 radical (unpaired) electrons. The lowest BCUT2D eigenvalue weighted by Gasteiger charge is -2.31. The fourth-order valence-electron chi connectivity index (χ4n) is 2.03. The lowest BCUT2D eigenvalue weighted by atomic mass is 10.1. The minimum Gasteiger partial charge on any atom is -0.384 e. The van der Waals surface area contributed by atoms with Crippen LogP contribution in [0.4, 0.5) is 5.82 Å². The second-order valence-electron chi connectivity index (χ2n) is 4.17. The molecule has 2 N–H and O–H groups in total. The molecule has 1 aliphatic heterocycles. The van der Waals surface area contributed by atoms with Crippen LogP contribution in [0, 0.1) is 0 Å². The second kappa shape index (κ2) is 5.14. The Morgan fingerprint density at radius 2 is 2.18 bits per heavy atom. The average Bonchev–Trinajstić information content (AvgIpc) is 2.38. The number of hydrogen-bond donors (Lipinski definition) is 1. The number of carbonyl (C=O) groups is 1. The number of likely N-dealkylation sites (tertiary alicyclic amines) is 1. The van der Waals surface area contributed by atoms with E-state index in [0.29, 0.717) is 24.6 Å². The van der Waals surface area contributed by atoms with Gasteiger partial charge >= 0.3 is 0 Å². The van der Waals surface area contributed by atoms with Gasteiger partial charge in [-0.3, -0.25) is 4.79 Å². The van der Waals surface area contributed by atoms with Crippen LogP contribution in [0.5, 0.6) is 0 Å². The molecule has 0 unspecified atom stereocenters. The minimum atomic E-state index is -0.0492. The molecule has 1 aliphatic rings. The fourth-order valence-corrected chi connectivity index (χ4v) is 2.03. The van der Waals surface area contributed by atoms with Crippen LogP contribution in [0.25, 0.3) is 0 Å². The van der Waals surface area contributed by atoms with Crippen LogP contribution in [0.1, 0.15) is 23.3 Å². The fraction of sp³-hybridized carbons (Fsp3) is 0.500. The highest BCUT2D eigenvalue weighted by atomic mass is 16.5. The normalized spacial score (nSPS) is 17.1. The van der Waals surface area contributed by atoms with Crippen molar-refractivity contribution in [3.63, 3.8) is 0 Å². The zero-order valence-corrected chi connectivity index (χ0v) is 9.93. The third-order valence-corrected chi connectivity index (χ3v) is 3.05. The number of ether oxygens (including phenoxy) is 1. The van der Waals surface area contributed by atoms with Crippen LogP contribution in [0.3, 0.4) is 0 Å². The smallest absolute Gasteiger partial charge is 0.272 e. The molecule has 0 aliphatic carbocycles. The predicted molar refractivity (Wildman–Crippen MR) is 64.6 cm³/mol. The van der Waals surface area contributed by atoms with E-state index in [1.54, 1.807) is 30.2 Å². The molecule has 0 aromatic carbocycles. The first-order valence-electron chi connectivity index (χ1n) is 5.75. The largest absolute Gasteiger partial charge is 0.384 e. The molecule has 1 amide bonds. The van der Waals surface area contributed by atoms with Crippen molar-refractivity contribution in [2.75, 3.05) is 25.9 Å². The topological polar surface area (TPSA) is 68.5 Å². The summed E-state index contributed by atoms with van der Waals surface area (Å²) in [6.45, 7) is 1.43. The zero-order chi connectivity index (χ0) is 12.3. The lowest BCUT2D eigenvalue weighted by molar-refractivity contribution is 0.0348. The number of rotatable bonds is 2. The molecular formula is C12H17N3O2. The summed E-state index contributed by atoms with van der Waals surface area (Å²) in [5.74, 6) is 0.328. The Kier molecular flexibility index (Phi) is 3.58. The SMILES string of the molecule is COC1CCN(C(=O)c2cccc(N)n2)CC1. The van der Waals surface area contributed by atoms with E-state index in [9.17, 15) is 4.79 Å². The number of piperidine rings is 1. The van der Waals surface area contributed by atoms with Gasteiger partial charge in [0.05, 0.1) is 6.10 Å². The number of amides is 1. The number of hydrogen-bond acceptors (Lipinski definition) is 4.